The van der Waals surface area contributed by atoms with Gasteiger partial charge in [-0.25, -0.2) is 14.4 Å². The fourth-order valence-electron chi connectivity index (χ4n) is 6.03. The standard InChI is InChI=1S/C26H28F3N3O6/c1-2-37-23(34)19-14-31(16-8-6-15(7-9-16)30-12-13-38-25(30)36)24(35)32(22(19)33)21-11-10-17-18(21)4-3-5-20(17)26(27,28)29/h3-5,14-16,21H,2,6-13H2,1H3. The lowest BCUT2D eigenvalue weighted by Gasteiger charge is -2.34. The van der Waals surface area contributed by atoms with Crippen molar-refractivity contribution in [2.75, 3.05) is 19.8 Å². The van der Waals surface area contributed by atoms with Crippen LogP contribution in [0.4, 0.5) is 18.0 Å². The van der Waals surface area contributed by atoms with Crippen LogP contribution in [0.15, 0.2) is 34.0 Å². The summed E-state index contributed by atoms with van der Waals surface area (Å²) in [5.41, 5.74) is -2.37. The zero-order chi connectivity index (χ0) is 27.2. The molecule has 9 nitrogen and oxygen atoms in total. The molecule has 1 aromatic carbocycles. The number of nitrogens with zero attached hydrogens (tertiary/aromatic N) is 3. The summed E-state index contributed by atoms with van der Waals surface area (Å²) in [4.78, 5) is 53.6. The molecule has 12 heteroatoms. The number of hydrogen-bond acceptors (Lipinski definition) is 6. The third-order valence-electron chi connectivity index (χ3n) is 7.79. The summed E-state index contributed by atoms with van der Waals surface area (Å²) >= 11 is 0. The summed E-state index contributed by atoms with van der Waals surface area (Å²) in [6.07, 6.45) is -1.34. The van der Waals surface area contributed by atoms with Gasteiger partial charge in [0.25, 0.3) is 5.56 Å². The number of ether oxygens (including phenoxy) is 2. The Morgan fingerprint density at radius 1 is 1.08 bits per heavy atom. The number of cyclic esters (lactones) is 1. The molecule has 2 aromatic rings. The first kappa shape index (κ1) is 26.1. The first-order valence-electron chi connectivity index (χ1n) is 12.8. The predicted molar refractivity (Wildman–Crippen MR) is 128 cm³/mol. The third kappa shape index (κ3) is 4.49. The molecule has 204 valence electrons. The Morgan fingerprint density at radius 2 is 1.79 bits per heavy atom. The highest BCUT2D eigenvalue weighted by molar-refractivity contribution is 5.88. The molecule has 5 rings (SSSR count). The van der Waals surface area contributed by atoms with Crippen LogP contribution >= 0.6 is 0 Å². The van der Waals surface area contributed by atoms with Crippen LogP contribution in [0.2, 0.25) is 0 Å². The van der Waals surface area contributed by atoms with E-state index in [2.05, 4.69) is 0 Å². The Bertz CT molecular complexity index is 1370. The van der Waals surface area contributed by atoms with Crippen LogP contribution in [0.1, 0.15) is 78.2 Å². The maximum Gasteiger partial charge on any atom is 0.416 e. The minimum absolute atomic E-state index is 0.00957. The molecule has 2 heterocycles. The van der Waals surface area contributed by atoms with Crippen LogP contribution in [-0.2, 0) is 22.1 Å². The van der Waals surface area contributed by atoms with Gasteiger partial charge in [-0.15, -0.1) is 0 Å². The van der Waals surface area contributed by atoms with E-state index in [0.717, 1.165) is 10.6 Å². The van der Waals surface area contributed by atoms with Gasteiger partial charge in [-0.1, -0.05) is 12.1 Å². The fraction of sp³-hybridized carbons (Fsp3) is 0.538. The number of aromatic nitrogens is 2. The van der Waals surface area contributed by atoms with E-state index in [1.54, 1.807) is 11.8 Å². The molecule has 0 radical (unpaired) electrons. The highest BCUT2D eigenvalue weighted by Crippen LogP contribution is 2.41. The zero-order valence-corrected chi connectivity index (χ0v) is 20.8. The highest BCUT2D eigenvalue weighted by atomic mass is 19.4. The molecule has 0 bridgehead atoms. The number of carbonyl (C=O) groups is 2. The van der Waals surface area contributed by atoms with Gasteiger partial charge in [0.1, 0.15) is 12.2 Å². The maximum atomic E-state index is 13.8. The monoisotopic (exact) mass is 535 g/mol. The minimum Gasteiger partial charge on any atom is -0.462 e. The number of hydrogen-bond donors (Lipinski definition) is 0. The fourth-order valence-corrected chi connectivity index (χ4v) is 6.03. The van der Waals surface area contributed by atoms with Crippen LogP contribution < -0.4 is 11.2 Å². The van der Waals surface area contributed by atoms with Gasteiger partial charge in [-0.05, 0) is 62.6 Å². The molecular weight excluding hydrogens is 507 g/mol. The summed E-state index contributed by atoms with van der Waals surface area (Å²) < 4.78 is 53.3. The van der Waals surface area contributed by atoms with Crippen LogP contribution in [0.3, 0.4) is 0 Å². The van der Waals surface area contributed by atoms with Gasteiger partial charge >= 0.3 is 23.9 Å². The van der Waals surface area contributed by atoms with Gasteiger partial charge in [0, 0.05) is 18.3 Å². The lowest BCUT2D eigenvalue weighted by atomic mass is 9.90. The average molecular weight is 536 g/mol. The van der Waals surface area contributed by atoms with Crippen LogP contribution in [0.25, 0.3) is 0 Å². The summed E-state index contributed by atoms with van der Waals surface area (Å²) in [5.74, 6) is -0.893. The molecule has 1 aliphatic heterocycles. The second-order valence-corrected chi connectivity index (χ2v) is 9.82. The molecule has 0 spiro atoms. The van der Waals surface area contributed by atoms with Crippen LogP contribution in [0, 0.1) is 0 Å². The summed E-state index contributed by atoms with van der Waals surface area (Å²) in [5, 5.41) is 0. The Balaban J connectivity index is 1.55. The Hall–Kier alpha value is -3.57. The lowest BCUT2D eigenvalue weighted by molar-refractivity contribution is -0.138. The summed E-state index contributed by atoms with van der Waals surface area (Å²) in [6.45, 7) is 2.44. The molecule has 2 aliphatic carbocycles. The maximum absolute atomic E-state index is 13.8. The molecule has 1 amide bonds. The van der Waals surface area contributed by atoms with Gasteiger partial charge in [0.15, 0.2) is 0 Å². The number of carbonyl (C=O) groups excluding carboxylic acids is 2. The van der Waals surface area contributed by atoms with E-state index in [1.807, 2.05) is 0 Å². The van der Waals surface area contributed by atoms with Crippen molar-refractivity contribution in [2.24, 2.45) is 0 Å². The molecule has 38 heavy (non-hydrogen) atoms. The second kappa shape index (κ2) is 9.95. The predicted octanol–water partition coefficient (Wildman–Crippen LogP) is 3.68. The minimum atomic E-state index is -4.57. The van der Waals surface area contributed by atoms with Crippen molar-refractivity contribution in [3.8, 4) is 0 Å². The number of amides is 1. The van der Waals surface area contributed by atoms with Gasteiger partial charge in [0.05, 0.1) is 24.8 Å². The molecule has 3 aliphatic rings. The topological polar surface area (TPSA) is 99.8 Å². The van der Waals surface area contributed by atoms with Crippen molar-refractivity contribution in [1.29, 1.82) is 0 Å². The Morgan fingerprint density at radius 3 is 2.42 bits per heavy atom. The van der Waals surface area contributed by atoms with Crippen molar-refractivity contribution in [3.63, 3.8) is 0 Å². The summed E-state index contributed by atoms with van der Waals surface area (Å²) in [7, 11) is 0. The molecule has 1 saturated carbocycles. The smallest absolute Gasteiger partial charge is 0.416 e. The zero-order valence-electron chi connectivity index (χ0n) is 20.8. The lowest BCUT2D eigenvalue weighted by Crippen LogP contribution is -2.47. The van der Waals surface area contributed by atoms with Gasteiger partial charge < -0.3 is 14.4 Å². The van der Waals surface area contributed by atoms with Crippen LogP contribution in [-0.4, -0.2) is 51.9 Å². The van der Waals surface area contributed by atoms with E-state index in [1.165, 1.54) is 22.9 Å². The number of alkyl halides is 3. The van der Waals surface area contributed by atoms with E-state index < -0.39 is 35.0 Å². The second-order valence-electron chi connectivity index (χ2n) is 9.82. The number of esters is 1. The van der Waals surface area contributed by atoms with E-state index in [9.17, 15) is 32.3 Å². The molecular formula is C26H28F3N3O6. The Kier molecular flexibility index (Phi) is 6.83. The van der Waals surface area contributed by atoms with Crippen molar-refractivity contribution >= 4 is 12.1 Å². The van der Waals surface area contributed by atoms with Crippen molar-refractivity contribution in [3.05, 3.63) is 67.5 Å². The summed E-state index contributed by atoms with van der Waals surface area (Å²) in [6, 6.07) is 2.42. The molecule has 1 atom stereocenters. The quantitative estimate of drug-likeness (QED) is 0.542. The van der Waals surface area contributed by atoms with Crippen molar-refractivity contribution in [1.82, 2.24) is 14.0 Å². The van der Waals surface area contributed by atoms with Crippen LogP contribution in [0.5, 0.6) is 0 Å². The molecule has 1 aromatic heterocycles. The van der Waals surface area contributed by atoms with Gasteiger partial charge in [0.2, 0.25) is 0 Å². The van der Waals surface area contributed by atoms with E-state index in [0.29, 0.717) is 38.8 Å². The SMILES string of the molecule is CCOC(=O)c1cn(C2CCC(N3CCOC3=O)CC2)c(=O)n(C2CCc3c2cccc3C(F)(F)F)c1=O. The molecule has 2 fully saturated rings. The highest BCUT2D eigenvalue weighted by Gasteiger charge is 2.39. The molecule has 1 unspecified atom stereocenters. The normalized spacial score (nSPS) is 23.3. The third-order valence-corrected chi connectivity index (χ3v) is 7.79. The molecule has 1 saturated heterocycles. The first-order valence-corrected chi connectivity index (χ1v) is 12.8. The number of halogens is 3. The van der Waals surface area contributed by atoms with Crippen molar-refractivity contribution < 1.29 is 32.2 Å². The largest absolute Gasteiger partial charge is 0.462 e. The first-order chi connectivity index (χ1) is 18.1. The van der Waals surface area contributed by atoms with Gasteiger partial charge in [-0.2, -0.15) is 13.2 Å². The van der Waals surface area contributed by atoms with E-state index in [-0.39, 0.29) is 54.3 Å². The van der Waals surface area contributed by atoms with Gasteiger partial charge in [-0.3, -0.25) is 13.9 Å². The Labute approximate surface area is 215 Å². The number of rotatable bonds is 5. The molecule has 0 N–H and O–H groups in total. The van der Waals surface area contributed by atoms with E-state index >= 15 is 0 Å². The number of benzene rings is 1. The van der Waals surface area contributed by atoms with Crippen molar-refractivity contribution in [2.45, 2.75) is 69.8 Å². The average Bonchev–Trinajstić information content (AvgIpc) is 3.50. The van der Waals surface area contributed by atoms with E-state index in [4.69, 9.17) is 9.47 Å². The number of fused-ring (bicyclic) bond motifs is 1.